The summed E-state index contributed by atoms with van der Waals surface area (Å²) >= 11 is 0. The number of oxazole rings is 1. The maximum atomic E-state index is 5.00. The molecule has 2 aromatic rings. The molecule has 2 aromatic heterocycles. The third kappa shape index (κ3) is 1.61. The van der Waals surface area contributed by atoms with Gasteiger partial charge >= 0.3 is 0 Å². The van der Waals surface area contributed by atoms with Gasteiger partial charge in [-0.05, 0) is 13.0 Å². The quantitative estimate of drug-likeness (QED) is 0.600. The average Bonchev–Trinajstić information content (AvgIpc) is 2.54. The highest BCUT2D eigenvalue weighted by Gasteiger charge is 1.96. The fourth-order valence-corrected chi connectivity index (χ4v) is 0.864. The second kappa shape index (κ2) is 3.85. The Bertz CT molecular complexity index is 354. The molecule has 0 bridgehead atoms. The third-order valence-corrected chi connectivity index (χ3v) is 1.35. The second-order valence-electron chi connectivity index (χ2n) is 2.15. The highest BCUT2D eigenvalue weighted by atomic mass is 16.3. The molecule has 0 aliphatic rings. The normalized spacial score (nSPS) is 9.25. The van der Waals surface area contributed by atoms with Crippen molar-refractivity contribution in [2.24, 2.45) is 0 Å². The lowest BCUT2D eigenvalue weighted by Crippen LogP contribution is -1.77. The Morgan fingerprint density at radius 3 is 2.75 bits per heavy atom. The van der Waals surface area contributed by atoms with Crippen LogP contribution in [0.5, 0.6) is 0 Å². The van der Waals surface area contributed by atoms with Crippen molar-refractivity contribution in [2.75, 3.05) is 0 Å². The highest BCUT2D eigenvalue weighted by Crippen LogP contribution is 2.10. The number of aromatic nitrogens is 2. The molecule has 0 spiro atoms. The Labute approximate surface area is 71.4 Å². The summed E-state index contributed by atoms with van der Waals surface area (Å²) in [5, 5.41) is 0. The molecular formula is C9H12N2O. The van der Waals surface area contributed by atoms with E-state index in [0.717, 1.165) is 16.8 Å². The van der Waals surface area contributed by atoms with Crippen LogP contribution >= 0.6 is 0 Å². The molecule has 3 heteroatoms. The molecule has 12 heavy (non-hydrogen) atoms. The minimum Gasteiger partial charge on any atom is -0.442 e. The standard InChI is InChI=1S/C7H6N2O.C2H6/c1-5-2-6-7(3-8-5)10-4-9-6;1-2/h2-4H,1H3;1-2H3. The van der Waals surface area contributed by atoms with Crippen molar-refractivity contribution in [3.8, 4) is 0 Å². The first-order valence-electron chi connectivity index (χ1n) is 4.02. The number of hydrogen-bond acceptors (Lipinski definition) is 3. The molecule has 0 saturated heterocycles. The fourth-order valence-electron chi connectivity index (χ4n) is 0.864. The monoisotopic (exact) mass is 164 g/mol. The van der Waals surface area contributed by atoms with Gasteiger partial charge in [0.2, 0.25) is 0 Å². The summed E-state index contributed by atoms with van der Waals surface area (Å²) in [6.07, 6.45) is 3.10. The summed E-state index contributed by atoms with van der Waals surface area (Å²) in [6, 6.07) is 1.89. The number of fused-ring (bicyclic) bond motifs is 1. The van der Waals surface area contributed by atoms with Gasteiger partial charge in [-0.2, -0.15) is 0 Å². The van der Waals surface area contributed by atoms with Crippen molar-refractivity contribution in [2.45, 2.75) is 20.8 Å². The Hall–Kier alpha value is -1.38. The van der Waals surface area contributed by atoms with Gasteiger partial charge in [-0.1, -0.05) is 13.8 Å². The Morgan fingerprint density at radius 1 is 1.25 bits per heavy atom. The summed E-state index contributed by atoms with van der Waals surface area (Å²) in [5.74, 6) is 0. The number of nitrogens with zero attached hydrogens (tertiary/aromatic N) is 2. The van der Waals surface area contributed by atoms with Gasteiger partial charge in [0, 0.05) is 5.69 Å². The zero-order chi connectivity index (χ0) is 8.97. The van der Waals surface area contributed by atoms with Crippen LogP contribution in [0.3, 0.4) is 0 Å². The van der Waals surface area contributed by atoms with Crippen molar-refractivity contribution in [1.29, 1.82) is 0 Å². The molecule has 0 atom stereocenters. The van der Waals surface area contributed by atoms with Crippen LogP contribution in [0.2, 0.25) is 0 Å². The summed E-state index contributed by atoms with van der Waals surface area (Å²) in [6.45, 7) is 5.92. The Kier molecular flexibility index (Phi) is 2.80. The molecule has 3 nitrogen and oxygen atoms in total. The predicted molar refractivity (Wildman–Crippen MR) is 47.9 cm³/mol. The molecule has 2 rings (SSSR count). The summed E-state index contributed by atoms with van der Waals surface area (Å²) < 4.78 is 5.00. The summed E-state index contributed by atoms with van der Waals surface area (Å²) in [7, 11) is 0. The number of aryl methyl sites for hydroxylation is 1. The van der Waals surface area contributed by atoms with Crippen molar-refractivity contribution >= 4 is 11.1 Å². The SMILES string of the molecule is CC.Cc1cc2ncoc2cn1. The van der Waals surface area contributed by atoms with Gasteiger partial charge in [-0.25, -0.2) is 4.98 Å². The molecule has 0 fully saturated rings. The number of pyridine rings is 1. The van der Waals surface area contributed by atoms with Crippen LogP contribution in [0, 0.1) is 6.92 Å². The lowest BCUT2D eigenvalue weighted by atomic mass is 10.3. The Morgan fingerprint density at radius 2 is 2.00 bits per heavy atom. The van der Waals surface area contributed by atoms with Gasteiger partial charge in [0.15, 0.2) is 12.0 Å². The van der Waals surface area contributed by atoms with Gasteiger partial charge in [-0.15, -0.1) is 0 Å². The number of hydrogen-bond donors (Lipinski definition) is 0. The minimum atomic E-state index is 0.741. The van der Waals surface area contributed by atoms with Gasteiger partial charge in [0.1, 0.15) is 5.52 Å². The zero-order valence-electron chi connectivity index (χ0n) is 7.53. The molecule has 0 aliphatic heterocycles. The zero-order valence-corrected chi connectivity index (χ0v) is 7.53. The maximum Gasteiger partial charge on any atom is 0.182 e. The van der Waals surface area contributed by atoms with Gasteiger partial charge in [-0.3, -0.25) is 4.98 Å². The van der Waals surface area contributed by atoms with E-state index < -0.39 is 0 Å². The van der Waals surface area contributed by atoms with Crippen LogP contribution in [0.15, 0.2) is 23.1 Å². The van der Waals surface area contributed by atoms with Crippen molar-refractivity contribution in [3.63, 3.8) is 0 Å². The maximum absolute atomic E-state index is 5.00. The van der Waals surface area contributed by atoms with Crippen LogP contribution in [0.4, 0.5) is 0 Å². The van der Waals surface area contributed by atoms with Crippen molar-refractivity contribution in [3.05, 3.63) is 24.4 Å². The van der Waals surface area contributed by atoms with Crippen LogP contribution in [-0.4, -0.2) is 9.97 Å². The Balaban J connectivity index is 0.000000336. The predicted octanol–water partition coefficient (Wildman–Crippen LogP) is 2.56. The van der Waals surface area contributed by atoms with Crippen LogP contribution in [0.1, 0.15) is 19.5 Å². The molecular weight excluding hydrogens is 152 g/mol. The van der Waals surface area contributed by atoms with E-state index in [1.165, 1.54) is 6.39 Å². The molecule has 0 amide bonds. The highest BCUT2D eigenvalue weighted by molar-refractivity contribution is 5.70. The van der Waals surface area contributed by atoms with E-state index in [0.29, 0.717) is 0 Å². The van der Waals surface area contributed by atoms with Crippen molar-refractivity contribution < 1.29 is 4.42 Å². The number of rotatable bonds is 0. The summed E-state index contributed by atoms with van der Waals surface area (Å²) in [4.78, 5) is 8.02. The molecule has 0 aromatic carbocycles. The van der Waals surface area contributed by atoms with Gasteiger partial charge in [0.25, 0.3) is 0 Å². The first kappa shape index (κ1) is 8.71. The van der Waals surface area contributed by atoms with Gasteiger partial charge < -0.3 is 4.42 Å². The van der Waals surface area contributed by atoms with E-state index in [1.807, 2.05) is 26.8 Å². The molecule has 2 heterocycles. The van der Waals surface area contributed by atoms with E-state index in [4.69, 9.17) is 4.42 Å². The van der Waals surface area contributed by atoms with Crippen molar-refractivity contribution in [1.82, 2.24) is 9.97 Å². The lowest BCUT2D eigenvalue weighted by molar-refractivity contribution is 0.600. The van der Waals surface area contributed by atoms with Gasteiger partial charge in [0.05, 0.1) is 6.20 Å². The smallest absolute Gasteiger partial charge is 0.182 e. The molecule has 64 valence electrons. The van der Waals surface area contributed by atoms with E-state index >= 15 is 0 Å². The third-order valence-electron chi connectivity index (χ3n) is 1.35. The summed E-state index contributed by atoms with van der Waals surface area (Å²) in [5.41, 5.74) is 2.57. The molecule has 0 radical (unpaired) electrons. The fraction of sp³-hybridized carbons (Fsp3) is 0.333. The molecule has 0 saturated carbocycles. The van der Waals surface area contributed by atoms with Crippen LogP contribution < -0.4 is 0 Å². The average molecular weight is 164 g/mol. The largest absolute Gasteiger partial charge is 0.442 e. The molecule has 0 N–H and O–H groups in total. The lowest BCUT2D eigenvalue weighted by Gasteiger charge is -1.86. The first-order valence-corrected chi connectivity index (χ1v) is 4.02. The first-order chi connectivity index (χ1) is 5.86. The molecule has 0 aliphatic carbocycles. The minimum absolute atomic E-state index is 0.741. The van der Waals surface area contributed by atoms with Crippen LogP contribution in [0.25, 0.3) is 11.1 Å². The van der Waals surface area contributed by atoms with E-state index in [2.05, 4.69) is 9.97 Å². The van der Waals surface area contributed by atoms with E-state index in [-0.39, 0.29) is 0 Å². The van der Waals surface area contributed by atoms with E-state index in [1.54, 1.807) is 6.20 Å². The topological polar surface area (TPSA) is 38.9 Å². The molecule has 0 unspecified atom stereocenters. The van der Waals surface area contributed by atoms with E-state index in [9.17, 15) is 0 Å². The van der Waals surface area contributed by atoms with Crippen LogP contribution in [-0.2, 0) is 0 Å². The second-order valence-corrected chi connectivity index (χ2v) is 2.15.